The van der Waals surface area contributed by atoms with Crippen LogP contribution in [0.2, 0.25) is 0 Å². The van der Waals surface area contributed by atoms with Crippen LogP contribution in [-0.2, 0) is 6.42 Å². The Labute approximate surface area is 112 Å². The number of hydrogen-bond donors (Lipinski definition) is 0. The van der Waals surface area contributed by atoms with E-state index in [4.69, 9.17) is 0 Å². The molecular formula is C18H24. The van der Waals surface area contributed by atoms with Gasteiger partial charge in [0.15, 0.2) is 0 Å². The predicted octanol–water partition coefficient (Wildman–Crippen LogP) is 5.19. The van der Waals surface area contributed by atoms with Gasteiger partial charge >= 0.3 is 0 Å². The first-order chi connectivity index (χ1) is 8.59. The zero-order valence-electron chi connectivity index (χ0n) is 12.0. The molecule has 96 valence electrons. The van der Waals surface area contributed by atoms with E-state index in [2.05, 4.69) is 64.1 Å². The van der Waals surface area contributed by atoms with Gasteiger partial charge in [0.1, 0.15) is 0 Å². The highest BCUT2D eigenvalue weighted by atomic mass is 14.0. The van der Waals surface area contributed by atoms with Crippen molar-refractivity contribution >= 4 is 0 Å². The molecule has 0 aliphatic rings. The predicted molar refractivity (Wildman–Crippen MR) is 80.9 cm³/mol. The lowest BCUT2D eigenvalue weighted by molar-refractivity contribution is 0.645. The third-order valence-electron chi connectivity index (χ3n) is 2.83. The molecule has 2 rings (SSSR count). The Kier molecular flexibility index (Phi) is 6.21. The molecule has 0 nitrogen and oxygen atoms in total. The molecule has 18 heavy (non-hydrogen) atoms. The normalized spacial score (nSPS) is 9.83. The highest BCUT2D eigenvalue weighted by molar-refractivity contribution is 5.25. The molecule has 2 aromatic rings. The number of benzene rings is 2. The molecule has 2 aromatic carbocycles. The molecule has 0 saturated heterocycles. The van der Waals surface area contributed by atoms with Gasteiger partial charge in [-0.1, -0.05) is 74.0 Å². The lowest BCUT2D eigenvalue weighted by atomic mass is 9.99. The number of rotatable bonds is 2. The maximum Gasteiger partial charge on any atom is -0.0253 e. The fraction of sp³-hybridized carbons (Fsp3) is 0.333. The van der Waals surface area contributed by atoms with Gasteiger partial charge in [0.2, 0.25) is 0 Å². The van der Waals surface area contributed by atoms with Crippen molar-refractivity contribution in [2.75, 3.05) is 0 Å². The van der Waals surface area contributed by atoms with Crippen LogP contribution >= 0.6 is 0 Å². The first-order valence-corrected chi connectivity index (χ1v) is 6.65. The minimum Gasteiger partial charge on any atom is -0.0625 e. The van der Waals surface area contributed by atoms with Crippen molar-refractivity contribution in [2.45, 2.75) is 34.1 Å². The van der Waals surface area contributed by atoms with Crippen molar-refractivity contribution in [2.24, 2.45) is 5.92 Å². The van der Waals surface area contributed by atoms with Gasteiger partial charge in [-0.3, -0.25) is 0 Å². The second kappa shape index (κ2) is 7.71. The zero-order chi connectivity index (χ0) is 13.4. The van der Waals surface area contributed by atoms with Gasteiger partial charge in [-0.15, -0.1) is 0 Å². The Morgan fingerprint density at radius 3 is 1.78 bits per heavy atom. The largest absolute Gasteiger partial charge is 0.0625 e. The maximum atomic E-state index is 2.26. The van der Waals surface area contributed by atoms with Gasteiger partial charge in [-0.05, 0) is 37.3 Å². The summed E-state index contributed by atoms with van der Waals surface area (Å²) in [7, 11) is 0. The summed E-state index contributed by atoms with van der Waals surface area (Å²) in [5.41, 5.74) is 4.23. The van der Waals surface area contributed by atoms with E-state index >= 15 is 0 Å². The average molecular weight is 240 g/mol. The van der Waals surface area contributed by atoms with Gasteiger partial charge in [0, 0.05) is 0 Å². The van der Waals surface area contributed by atoms with Gasteiger partial charge in [0.05, 0.1) is 0 Å². The second-order valence-electron chi connectivity index (χ2n) is 5.18. The van der Waals surface area contributed by atoms with E-state index < -0.39 is 0 Å². The van der Waals surface area contributed by atoms with E-state index in [0.29, 0.717) is 0 Å². The summed E-state index contributed by atoms with van der Waals surface area (Å²) in [5, 5.41) is 0. The van der Waals surface area contributed by atoms with Crippen molar-refractivity contribution in [1.82, 2.24) is 0 Å². The minimum atomic E-state index is 0.760. The van der Waals surface area contributed by atoms with Crippen LogP contribution < -0.4 is 0 Å². The standard InChI is InChI=1S/C11H16.C7H8/c1-9(2)8-11-7-5-4-6-10(11)3;1-7-5-3-2-4-6-7/h4-7,9H,8H2,1-3H3;2-6H,1H3. The van der Waals surface area contributed by atoms with Crippen LogP contribution in [0.1, 0.15) is 30.5 Å². The molecule has 0 amide bonds. The fourth-order valence-corrected chi connectivity index (χ4v) is 1.81. The van der Waals surface area contributed by atoms with Gasteiger partial charge in [-0.25, -0.2) is 0 Å². The molecule has 0 aliphatic heterocycles. The van der Waals surface area contributed by atoms with E-state index in [1.807, 2.05) is 18.2 Å². The van der Waals surface area contributed by atoms with Crippen molar-refractivity contribution in [3.63, 3.8) is 0 Å². The van der Waals surface area contributed by atoms with Crippen LogP contribution in [0.15, 0.2) is 54.6 Å². The monoisotopic (exact) mass is 240 g/mol. The molecule has 0 radical (unpaired) electrons. The zero-order valence-corrected chi connectivity index (χ0v) is 12.0. The molecule has 0 bridgehead atoms. The second-order valence-corrected chi connectivity index (χ2v) is 5.18. The summed E-state index contributed by atoms with van der Waals surface area (Å²) >= 11 is 0. The molecule has 0 heterocycles. The molecule has 0 spiro atoms. The molecule has 0 atom stereocenters. The first-order valence-electron chi connectivity index (χ1n) is 6.65. The molecule has 0 fully saturated rings. The summed E-state index contributed by atoms with van der Waals surface area (Å²) in [4.78, 5) is 0. The fourth-order valence-electron chi connectivity index (χ4n) is 1.81. The average Bonchev–Trinajstić information content (AvgIpc) is 2.33. The van der Waals surface area contributed by atoms with E-state index in [1.165, 1.54) is 23.1 Å². The summed E-state index contributed by atoms with van der Waals surface area (Å²) in [6.07, 6.45) is 1.20. The van der Waals surface area contributed by atoms with Crippen molar-refractivity contribution in [3.8, 4) is 0 Å². The van der Waals surface area contributed by atoms with E-state index in [0.717, 1.165) is 5.92 Å². The van der Waals surface area contributed by atoms with Crippen LogP contribution in [0.3, 0.4) is 0 Å². The molecule has 0 aromatic heterocycles. The van der Waals surface area contributed by atoms with Crippen molar-refractivity contribution in [3.05, 3.63) is 71.3 Å². The first kappa shape index (κ1) is 14.5. The van der Waals surface area contributed by atoms with Crippen molar-refractivity contribution < 1.29 is 0 Å². The SMILES string of the molecule is Cc1ccccc1.Cc1ccccc1CC(C)C. The highest BCUT2D eigenvalue weighted by Gasteiger charge is 1.98. The van der Waals surface area contributed by atoms with Crippen LogP contribution in [0.5, 0.6) is 0 Å². The highest BCUT2D eigenvalue weighted by Crippen LogP contribution is 2.11. The van der Waals surface area contributed by atoms with E-state index in [1.54, 1.807) is 0 Å². The Bertz CT molecular complexity index is 441. The van der Waals surface area contributed by atoms with Crippen LogP contribution in [0, 0.1) is 19.8 Å². The third kappa shape index (κ3) is 5.67. The molecule has 0 unspecified atom stereocenters. The Hall–Kier alpha value is -1.56. The van der Waals surface area contributed by atoms with Crippen LogP contribution in [-0.4, -0.2) is 0 Å². The van der Waals surface area contributed by atoms with Gasteiger partial charge in [0.25, 0.3) is 0 Å². The molecule has 0 heteroatoms. The summed E-state index contributed by atoms with van der Waals surface area (Å²) in [5.74, 6) is 0.760. The Balaban J connectivity index is 0.000000199. The third-order valence-corrected chi connectivity index (χ3v) is 2.83. The summed E-state index contributed by atoms with van der Waals surface area (Å²) < 4.78 is 0. The lowest BCUT2D eigenvalue weighted by Gasteiger charge is -2.07. The summed E-state index contributed by atoms with van der Waals surface area (Å²) in [6.45, 7) is 8.77. The smallest absolute Gasteiger partial charge is 0.0253 e. The minimum absolute atomic E-state index is 0.760. The van der Waals surface area contributed by atoms with E-state index in [-0.39, 0.29) is 0 Å². The summed E-state index contributed by atoms with van der Waals surface area (Å²) in [6, 6.07) is 18.9. The van der Waals surface area contributed by atoms with Crippen LogP contribution in [0.4, 0.5) is 0 Å². The van der Waals surface area contributed by atoms with Crippen LogP contribution in [0.25, 0.3) is 0 Å². The number of hydrogen-bond acceptors (Lipinski definition) is 0. The molecular weight excluding hydrogens is 216 g/mol. The van der Waals surface area contributed by atoms with E-state index in [9.17, 15) is 0 Å². The maximum absolute atomic E-state index is 2.26. The number of aryl methyl sites for hydroxylation is 2. The molecule has 0 saturated carbocycles. The lowest BCUT2D eigenvalue weighted by Crippen LogP contribution is -1.95. The molecule has 0 aliphatic carbocycles. The Morgan fingerprint density at radius 1 is 0.778 bits per heavy atom. The molecule has 0 N–H and O–H groups in total. The van der Waals surface area contributed by atoms with Gasteiger partial charge in [-0.2, -0.15) is 0 Å². The Morgan fingerprint density at radius 2 is 1.33 bits per heavy atom. The quantitative estimate of drug-likeness (QED) is 0.677. The van der Waals surface area contributed by atoms with Crippen molar-refractivity contribution in [1.29, 1.82) is 0 Å². The topological polar surface area (TPSA) is 0 Å². The van der Waals surface area contributed by atoms with Gasteiger partial charge < -0.3 is 0 Å².